The molecule has 0 aliphatic rings. The molecule has 130 valence electrons. The number of nitrogens with one attached hydrogen (secondary N) is 1. The van der Waals surface area contributed by atoms with Gasteiger partial charge in [0, 0.05) is 24.5 Å². The molecule has 0 fully saturated rings. The van der Waals surface area contributed by atoms with Crippen molar-refractivity contribution >= 4 is 23.8 Å². The topological polar surface area (TPSA) is 56.8 Å². The van der Waals surface area contributed by atoms with E-state index in [-0.39, 0.29) is 12.5 Å². The second-order valence-electron chi connectivity index (χ2n) is 5.90. The summed E-state index contributed by atoms with van der Waals surface area (Å²) < 4.78 is 5.82. The van der Waals surface area contributed by atoms with E-state index < -0.39 is 0 Å². The van der Waals surface area contributed by atoms with Gasteiger partial charge in [0.2, 0.25) is 10.7 Å². The van der Waals surface area contributed by atoms with Gasteiger partial charge in [-0.1, -0.05) is 19.1 Å². The van der Waals surface area contributed by atoms with Gasteiger partial charge in [-0.25, -0.2) is 9.36 Å². The predicted molar refractivity (Wildman–Crippen MR) is 100 cm³/mol. The van der Waals surface area contributed by atoms with Crippen LogP contribution in [0.2, 0.25) is 0 Å². The molecule has 3 aromatic rings. The van der Waals surface area contributed by atoms with Crippen molar-refractivity contribution in [2.24, 2.45) is 0 Å². The largest absolute Gasteiger partial charge is 0.324 e. The number of carbonyl (C=O) groups excluding carboxylic acids is 1. The van der Waals surface area contributed by atoms with Gasteiger partial charge in [0.15, 0.2) is 5.82 Å². The van der Waals surface area contributed by atoms with Crippen molar-refractivity contribution in [3.8, 4) is 0 Å². The third kappa shape index (κ3) is 3.88. The van der Waals surface area contributed by atoms with Gasteiger partial charge >= 0.3 is 0 Å². The first-order chi connectivity index (χ1) is 12.1. The summed E-state index contributed by atoms with van der Waals surface area (Å²) in [7, 11) is 0. The molecule has 1 amide bonds. The highest BCUT2D eigenvalue weighted by molar-refractivity contribution is 7.71. The maximum atomic E-state index is 12.4. The molecule has 7 heteroatoms. The lowest BCUT2D eigenvalue weighted by molar-refractivity contribution is -0.116. The number of rotatable bonds is 6. The fraction of sp³-hybridized carbons (Fsp3) is 0.278. The highest BCUT2D eigenvalue weighted by atomic mass is 32.1. The van der Waals surface area contributed by atoms with Gasteiger partial charge in [0.1, 0.15) is 6.54 Å². The highest BCUT2D eigenvalue weighted by Gasteiger charge is 2.14. The van der Waals surface area contributed by atoms with Crippen molar-refractivity contribution in [1.29, 1.82) is 0 Å². The Morgan fingerprint density at radius 2 is 2.00 bits per heavy atom. The first-order valence-electron chi connectivity index (χ1n) is 8.27. The molecule has 0 spiro atoms. The number of benzene rings is 1. The van der Waals surface area contributed by atoms with Crippen molar-refractivity contribution in [3.63, 3.8) is 0 Å². The van der Waals surface area contributed by atoms with Gasteiger partial charge in [-0.2, -0.15) is 5.10 Å². The maximum Gasteiger partial charge on any atom is 0.246 e. The Morgan fingerprint density at radius 1 is 1.24 bits per heavy atom. The Kier molecular flexibility index (Phi) is 5.14. The van der Waals surface area contributed by atoms with E-state index in [1.807, 2.05) is 65.1 Å². The number of amides is 1. The number of aryl methyl sites for hydroxylation is 2. The lowest BCUT2D eigenvalue weighted by Crippen LogP contribution is -2.20. The molecule has 0 aliphatic heterocycles. The molecule has 25 heavy (non-hydrogen) atoms. The molecule has 0 aliphatic carbocycles. The van der Waals surface area contributed by atoms with E-state index in [1.165, 1.54) is 0 Å². The quantitative estimate of drug-likeness (QED) is 0.689. The van der Waals surface area contributed by atoms with Crippen molar-refractivity contribution in [1.82, 2.24) is 19.1 Å². The summed E-state index contributed by atoms with van der Waals surface area (Å²) in [5.74, 6) is 0.689. The van der Waals surface area contributed by atoms with Crippen LogP contribution in [0.25, 0.3) is 0 Å². The Morgan fingerprint density at radius 3 is 2.68 bits per heavy atom. The minimum absolute atomic E-state index is 0.0811. The summed E-state index contributed by atoms with van der Waals surface area (Å²) in [6.07, 6.45) is 5.55. The summed E-state index contributed by atoms with van der Waals surface area (Å²) in [6.45, 7) is 4.16. The molecule has 1 aromatic carbocycles. The second-order valence-corrected chi connectivity index (χ2v) is 6.26. The molecular weight excluding hydrogens is 334 g/mol. The molecule has 2 aromatic heterocycles. The molecule has 0 atom stereocenters. The van der Waals surface area contributed by atoms with Crippen LogP contribution in [-0.4, -0.2) is 25.0 Å². The number of carbonyl (C=O) groups is 1. The van der Waals surface area contributed by atoms with Gasteiger partial charge in [0.25, 0.3) is 0 Å². The van der Waals surface area contributed by atoms with Crippen LogP contribution in [0, 0.1) is 11.7 Å². The zero-order chi connectivity index (χ0) is 17.8. The molecule has 0 saturated carbocycles. The van der Waals surface area contributed by atoms with Gasteiger partial charge in [-0.15, -0.1) is 0 Å². The maximum absolute atomic E-state index is 12.4. The Hall–Kier alpha value is -2.67. The molecule has 2 heterocycles. The van der Waals surface area contributed by atoms with E-state index in [4.69, 9.17) is 12.2 Å². The summed E-state index contributed by atoms with van der Waals surface area (Å²) >= 11 is 5.54. The van der Waals surface area contributed by atoms with E-state index in [0.717, 1.165) is 29.9 Å². The number of hydrogen-bond acceptors (Lipinski definition) is 3. The van der Waals surface area contributed by atoms with Crippen molar-refractivity contribution in [2.75, 3.05) is 5.32 Å². The first-order valence-corrected chi connectivity index (χ1v) is 8.68. The summed E-state index contributed by atoms with van der Waals surface area (Å²) in [6, 6.07) is 11.6. The number of aromatic nitrogens is 4. The normalized spacial score (nSPS) is 10.8. The van der Waals surface area contributed by atoms with Crippen LogP contribution in [0.15, 0.2) is 48.8 Å². The molecule has 6 nitrogen and oxygen atoms in total. The SMILES string of the molecule is CCCc1nn(CC(=O)Nc2cccc(C)c2)c(=S)n1-n1cccc1. The summed E-state index contributed by atoms with van der Waals surface area (Å²) in [4.78, 5) is 12.4. The molecule has 1 N–H and O–H groups in total. The average Bonchev–Trinajstić information content (AvgIpc) is 3.17. The molecule has 0 saturated heterocycles. The Labute approximate surface area is 151 Å². The van der Waals surface area contributed by atoms with Crippen molar-refractivity contribution < 1.29 is 4.79 Å². The third-order valence-corrected chi connectivity index (χ3v) is 4.15. The third-order valence-electron chi connectivity index (χ3n) is 3.77. The Balaban J connectivity index is 1.84. The van der Waals surface area contributed by atoms with Crippen LogP contribution in [0.5, 0.6) is 0 Å². The van der Waals surface area contributed by atoms with Gasteiger partial charge in [-0.05, 0) is 55.4 Å². The van der Waals surface area contributed by atoms with Crippen LogP contribution >= 0.6 is 12.2 Å². The van der Waals surface area contributed by atoms with E-state index in [1.54, 1.807) is 4.68 Å². The van der Waals surface area contributed by atoms with Gasteiger partial charge in [0.05, 0.1) is 0 Å². The number of hydrogen-bond donors (Lipinski definition) is 1. The smallest absolute Gasteiger partial charge is 0.246 e. The minimum atomic E-state index is -0.151. The van der Waals surface area contributed by atoms with Crippen LogP contribution in [0.1, 0.15) is 24.7 Å². The molecule has 0 bridgehead atoms. The second kappa shape index (κ2) is 7.48. The van der Waals surface area contributed by atoms with Gasteiger partial charge in [-0.3, -0.25) is 9.47 Å². The molecule has 0 radical (unpaired) electrons. The lowest BCUT2D eigenvalue weighted by atomic mass is 10.2. The van der Waals surface area contributed by atoms with Gasteiger partial charge < -0.3 is 5.32 Å². The average molecular weight is 355 g/mol. The van der Waals surface area contributed by atoms with Crippen LogP contribution in [0.4, 0.5) is 5.69 Å². The standard InChI is InChI=1S/C18H21N5OS/c1-3-7-16-20-22(18(25)23(16)21-10-4-5-11-21)13-17(24)19-15-9-6-8-14(2)12-15/h4-6,8-12H,3,7,13H2,1-2H3,(H,19,24). The number of nitrogens with zero attached hydrogens (tertiary/aromatic N) is 4. The van der Waals surface area contributed by atoms with E-state index in [2.05, 4.69) is 17.3 Å². The zero-order valence-electron chi connectivity index (χ0n) is 14.3. The van der Waals surface area contributed by atoms with Crippen LogP contribution in [-0.2, 0) is 17.8 Å². The fourth-order valence-corrected chi connectivity index (χ4v) is 2.98. The number of anilines is 1. The molecule has 3 rings (SSSR count). The van der Waals surface area contributed by atoms with Crippen LogP contribution < -0.4 is 5.32 Å². The summed E-state index contributed by atoms with van der Waals surface area (Å²) in [5.41, 5.74) is 1.87. The van der Waals surface area contributed by atoms with Crippen LogP contribution in [0.3, 0.4) is 0 Å². The first kappa shape index (κ1) is 17.2. The molecular formula is C18H21N5OS. The Bertz CT molecular complexity index is 923. The van der Waals surface area contributed by atoms with Crippen molar-refractivity contribution in [3.05, 3.63) is 65.0 Å². The lowest BCUT2D eigenvalue weighted by Gasteiger charge is -2.07. The zero-order valence-corrected chi connectivity index (χ0v) is 15.2. The van der Waals surface area contributed by atoms with Crippen molar-refractivity contribution in [2.45, 2.75) is 33.2 Å². The highest BCUT2D eigenvalue weighted by Crippen LogP contribution is 2.10. The minimum Gasteiger partial charge on any atom is -0.324 e. The predicted octanol–water partition coefficient (Wildman–Crippen LogP) is 3.43. The summed E-state index contributed by atoms with van der Waals surface area (Å²) in [5, 5.41) is 7.44. The molecule has 0 unspecified atom stereocenters. The monoisotopic (exact) mass is 355 g/mol. The van der Waals surface area contributed by atoms with E-state index >= 15 is 0 Å². The van der Waals surface area contributed by atoms with E-state index in [9.17, 15) is 4.79 Å². The fourth-order valence-electron chi connectivity index (χ4n) is 2.68. The van der Waals surface area contributed by atoms with E-state index in [0.29, 0.717) is 4.77 Å².